The minimum absolute atomic E-state index is 0.302. The lowest BCUT2D eigenvalue weighted by Gasteiger charge is -2.16. The number of carbonyl (C=O) groups is 2. The molecule has 3 aromatic carbocycles. The highest BCUT2D eigenvalue weighted by molar-refractivity contribution is 8.04. The average molecular weight is 471 g/mol. The van der Waals surface area contributed by atoms with E-state index in [0.717, 1.165) is 46.5 Å². The van der Waals surface area contributed by atoms with E-state index in [1.54, 1.807) is 0 Å². The molecule has 0 spiro atoms. The third-order valence-electron chi connectivity index (χ3n) is 5.94. The van der Waals surface area contributed by atoms with Gasteiger partial charge in [-0.1, -0.05) is 72.6 Å². The number of thioether (sulfide) groups is 1. The van der Waals surface area contributed by atoms with Crippen molar-refractivity contribution in [1.29, 1.82) is 0 Å². The maximum atomic E-state index is 13.6. The molecule has 4 rings (SSSR count). The summed E-state index contributed by atoms with van der Waals surface area (Å²) in [6, 6.07) is 21.7. The van der Waals surface area contributed by atoms with Gasteiger partial charge in [0.2, 0.25) is 0 Å². The van der Waals surface area contributed by atoms with Gasteiger partial charge in [0.15, 0.2) is 0 Å². The van der Waals surface area contributed by atoms with E-state index < -0.39 is 0 Å². The number of benzene rings is 3. The Morgan fingerprint density at radius 2 is 1.50 bits per heavy atom. The summed E-state index contributed by atoms with van der Waals surface area (Å²) in [5, 5.41) is 3.28. The van der Waals surface area contributed by atoms with Crippen molar-refractivity contribution in [2.45, 2.75) is 51.9 Å². The zero-order valence-corrected chi connectivity index (χ0v) is 21.0. The molecule has 0 aliphatic carbocycles. The molecule has 34 heavy (non-hydrogen) atoms. The highest BCUT2D eigenvalue weighted by atomic mass is 32.2. The van der Waals surface area contributed by atoms with Crippen LogP contribution in [0.4, 0.5) is 11.4 Å². The van der Waals surface area contributed by atoms with E-state index in [4.69, 9.17) is 0 Å². The van der Waals surface area contributed by atoms with Crippen LogP contribution in [0.15, 0.2) is 82.2 Å². The fraction of sp³-hybridized carbons (Fsp3) is 0.241. The fourth-order valence-electron chi connectivity index (χ4n) is 3.95. The standard InChI is InChI=1S/C29H30N2O2S/c1-5-6-7-22-11-13-23(14-12-22)31-28(32)26(30-25-17-10-20(3)18-21(25)4)27(29(31)33)34-24-15-8-19(2)9-16-24/h8-18,30H,5-7H2,1-4H3. The summed E-state index contributed by atoms with van der Waals surface area (Å²) in [7, 11) is 0. The first-order chi connectivity index (χ1) is 16.4. The van der Waals surface area contributed by atoms with E-state index in [0.29, 0.717) is 16.3 Å². The molecular weight excluding hydrogens is 440 g/mol. The Hall–Kier alpha value is -3.31. The van der Waals surface area contributed by atoms with Gasteiger partial charge in [0.25, 0.3) is 11.8 Å². The Labute approximate surface area is 206 Å². The van der Waals surface area contributed by atoms with E-state index in [9.17, 15) is 9.59 Å². The Balaban J connectivity index is 1.69. The van der Waals surface area contributed by atoms with Gasteiger partial charge in [-0.15, -0.1) is 0 Å². The van der Waals surface area contributed by atoms with Crippen LogP contribution >= 0.6 is 11.8 Å². The highest BCUT2D eigenvalue weighted by Crippen LogP contribution is 2.38. The molecule has 2 amide bonds. The first-order valence-corrected chi connectivity index (χ1v) is 12.5. The second-order valence-electron chi connectivity index (χ2n) is 8.78. The van der Waals surface area contributed by atoms with E-state index in [1.165, 1.54) is 22.2 Å². The molecule has 3 aromatic rings. The van der Waals surface area contributed by atoms with Crippen molar-refractivity contribution in [3.63, 3.8) is 0 Å². The zero-order chi connectivity index (χ0) is 24.2. The Morgan fingerprint density at radius 1 is 0.824 bits per heavy atom. The third kappa shape index (κ3) is 5.10. The van der Waals surface area contributed by atoms with E-state index in [1.807, 2.05) is 81.4 Å². The largest absolute Gasteiger partial charge is 0.350 e. The number of unbranched alkanes of at least 4 members (excludes halogenated alkanes) is 1. The van der Waals surface area contributed by atoms with Gasteiger partial charge in [0, 0.05) is 10.6 Å². The predicted octanol–water partition coefficient (Wildman–Crippen LogP) is 6.94. The van der Waals surface area contributed by atoms with Crippen LogP contribution in [0.3, 0.4) is 0 Å². The molecule has 1 N–H and O–H groups in total. The van der Waals surface area contributed by atoms with Gasteiger partial charge in [-0.05, 0) is 75.1 Å². The summed E-state index contributed by atoms with van der Waals surface area (Å²) >= 11 is 1.33. The molecule has 0 bridgehead atoms. The lowest BCUT2D eigenvalue weighted by Crippen LogP contribution is -2.32. The molecular formula is C29H30N2O2S. The zero-order valence-electron chi connectivity index (χ0n) is 20.1. The molecule has 1 aliphatic rings. The summed E-state index contributed by atoms with van der Waals surface area (Å²) in [4.78, 5) is 29.8. The number of hydrogen-bond donors (Lipinski definition) is 1. The summed E-state index contributed by atoms with van der Waals surface area (Å²) in [6.45, 7) is 8.22. The first-order valence-electron chi connectivity index (χ1n) is 11.7. The first kappa shape index (κ1) is 23.8. The Bertz CT molecular complexity index is 1240. The lowest BCUT2D eigenvalue weighted by molar-refractivity contribution is -0.120. The van der Waals surface area contributed by atoms with Crippen LogP contribution in [0.1, 0.15) is 42.0 Å². The van der Waals surface area contributed by atoms with E-state index in [-0.39, 0.29) is 11.8 Å². The second kappa shape index (κ2) is 10.3. The van der Waals surface area contributed by atoms with Crippen LogP contribution in [0.25, 0.3) is 0 Å². The van der Waals surface area contributed by atoms with Crippen molar-refractivity contribution >= 4 is 35.0 Å². The molecule has 0 aromatic heterocycles. The van der Waals surface area contributed by atoms with Gasteiger partial charge in [0.05, 0.1) is 5.69 Å². The quantitative estimate of drug-likeness (QED) is 0.362. The molecule has 0 saturated heterocycles. The molecule has 0 unspecified atom stereocenters. The van der Waals surface area contributed by atoms with Crippen LogP contribution in [-0.2, 0) is 16.0 Å². The van der Waals surface area contributed by atoms with Crippen molar-refractivity contribution in [2.75, 3.05) is 10.2 Å². The van der Waals surface area contributed by atoms with Crippen LogP contribution < -0.4 is 10.2 Å². The van der Waals surface area contributed by atoms with Gasteiger partial charge in [-0.3, -0.25) is 9.59 Å². The molecule has 0 fully saturated rings. The number of nitrogens with one attached hydrogen (secondary N) is 1. The normalized spacial score (nSPS) is 13.7. The van der Waals surface area contributed by atoms with Gasteiger partial charge in [-0.2, -0.15) is 0 Å². The maximum Gasteiger partial charge on any atom is 0.283 e. The van der Waals surface area contributed by atoms with Crippen molar-refractivity contribution in [2.24, 2.45) is 0 Å². The van der Waals surface area contributed by atoms with E-state index in [2.05, 4.69) is 18.3 Å². The third-order valence-corrected chi connectivity index (χ3v) is 7.03. The van der Waals surface area contributed by atoms with Gasteiger partial charge < -0.3 is 5.32 Å². The number of imide groups is 1. The Kier molecular flexibility index (Phi) is 7.23. The number of rotatable bonds is 8. The number of carbonyl (C=O) groups excluding carboxylic acids is 2. The van der Waals surface area contributed by atoms with Crippen LogP contribution in [0, 0.1) is 20.8 Å². The minimum atomic E-state index is -0.333. The van der Waals surface area contributed by atoms with Crippen LogP contribution in [0.5, 0.6) is 0 Å². The van der Waals surface area contributed by atoms with Crippen LogP contribution in [-0.4, -0.2) is 11.8 Å². The topological polar surface area (TPSA) is 49.4 Å². The second-order valence-corrected chi connectivity index (χ2v) is 9.86. The number of nitrogens with zero attached hydrogens (tertiary/aromatic N) is 1. The fourth-order valence-corrected chi connectivity index (χ4v) is 4.88. The summed E-state index contributed by atoms with van der Waals surface area (Å²) in [5.41, 5.74) is 6.25. The summed E-state index contributed by atoms with van der Waals surface area (Å²) < 4.78 is 0. The monoisotopic (exact) mass is 470 g/mol. The van der Waals surface area contributed by atoms with Gasteiger partial charge in [-0.25, -0.2) is 4.90 Å². The predicted molar refractivity (Wildman–Crippen MR) is 141 cm³/mol. The number of anilines is 2. The highest BCUT2D eigenvalue weighted by Gasteiger charge is 2.40. The SMILES string of the molecule is CCCCc1ccc(N2C(=O)C(Nc3ccc(C)cc3C)=C(Sc3ccc(C)cc3)C2=O)cc1. The van der Waals surface area contributed by atoms with Crippen molar-refractivity contribution in [3.8, 4) is 0 Å². The minimum Gasteiger partial charge on any atom is -0.350 e. The van der Waals surface area contributed by atoms with Crippen molar-refractivity contribution in [3.05, 3.63) is 99.6 Å². The Morgan fingerprint density at radius 3 is 2.15 bits per heavy atom. The number of amides is 2. The maximum absolute atomic E-state index is 13.6. The average Bonchev–Trinajstić information content (AvgIpc) is 3.05. The number of aryl methyl sites for hydroxylation is 4. The van der Waals surface area contributed by atoms with Crippen LogP contribution in [0.2, 0.25) is 0 Å². The summed E-state index contributed by atoms with van der Waals surface area (Å²) in [5.74, 6) is -0.634. The molecule has 0 saturated carbocycles. The van der Waals surface area contributed by atoms with Gasteiger partial charge in [0.1, 0.15) is 10.6 Å². The molecule has 174 valence electrons. The van der Waals surface area contributed by atoms with Gasteiger partial charge >= 0.3 is 0 Å². The summed E-state index contributed by atoms with van der Waals surface area (Å²) in [6.07, 6.45) is 3.23. The molecule has 0 radical (unpaired) electrons. The van der Waals surface area contributed by atoms with E-state index >= 15 is 0 Å². The van der Waals surface area contributed by atoms with Crippen molar-refractivity contribution < 1.29 is 9.59 Å². The molecule has 0 atom stereocenters. The molecule has 5 heteroatoms. The molecule has 4 nitrogen and oxygen atoms in total. The molecule has 1 aliphatic heterocycles. The number of hydrogen-bond acceptors (Lipinski definition) is 4. The lowest BCUT2D eigenvalue weighted by atomic mass is 10.1. The smallest absolute Gasteiger partial charge is 0.283 e. The molecule has 1 heterocycles. The van der Waals surface area contributed by atoms with Crippen molar-refractivity contribution in [1.82, 2.24) is 0 Å².